The van der Waals surface area contributed by atoms with Crippen LogP contribution in [0.5, 0.6) is 0 Å². The van der Waals surface area contributed by atoms with E-state index in [1.807, 2.05) is 0 Å². The van der Waals surface area contributed by atoms with Gasteiger partial charge in [0.25, 0.3) is 5.91 Å². The quantitative estimate of drug-likeness (QED) is 0.750. The molecule has 0 aliphatic carbocycles. The highest BCUT2D eigenvalue weighted by Crippen LogP contribution is 2.02. The Morgan fingerprint density at radius 2 is 2.20 bits per heavy atom. The molecule has 0 spiro atoms. The predicted molar refractivity (Wildman–Crippen MR) is 66.8 cm³/mol. The summed E-state index contributed by atoms with van der Waals surface area (Å²) in [7, 11) is 1.69. The van der Waals surface area contributed by atoms with E-state index in [0.717, 1.165) is 5.69 Å². The van der Waals surface area contributed by atoms with Crippen molar-refractivity contribution in [3.63, 3.8) is 0 Å². The smallest absolute Gasteiger partial charge is 0.325 e. The number of carboxylic acids is 1. The van der Waals surface area contributed by atoms with E-state index in [-0.39, 0.29) is 19.0 Å². The zero-order valence-electron chi connectivity index (χ0n) is 11.1. The zero-order chi connectivity index (χ0) is 14.7. The van der Waals surface area contributed by atoms with Gasteiger partial charge >= 0.3 is 5.97 Å². The molecule has 0 aromatic carbocycles. The molecule has 2 N–H and O–H groups in total. The van der Waals surface area contributed by atoms with Crippen LogP contribution in [0, 0.1) is 6.92 Å². The number of nitrogens with zero attached hydrogens (tertiary/aromatic N) is 5. The number of amides is 1. The first kappa shape index (κ1) is 13.7. The number of aryl methyl sites for hydroxylation is 2. The van der Waals surface area contributed by atoms with Crippen molar-refractivity contribution in [1.82, 2.24) is 30.1 Å². The van der Waals surface area contributed by atoms with Gasteiger partial charge < -0.3 is 10.4 Å². The summed E-state index contributed by atoms with van der Waals surface area (Å²) in [5.41, 5.74) is 1.68. The van der Waals surface area contributed by atoms with E-state index in [4.69, 9.17) is 5.11 Å². The van der Waals surface area contributed by atoms with E-state index >= 15 is 0 Å². The molecule has 0 saturated heterocycles. The van der Waals surface area contributed by atoms with Crippen molar-refractivity contribution in [1.29, 1.82) is 0 Å². The normalized spacial score (nSPS) is 10.5. The van der Waals surface area contributed by atoms with Crippen LogP contribution in [-0.4, -0.2) is 41.8 Å². The Morgan fingerprint density at radius 3 is 2.80 bits per heavy atom. The lowest BCUT2D eigenvalue weighted by Gasteiger charge is -2.02. The van der Waals surface area contributed by atoms with Crippen molar-refractivity contribution >= 4 is 11.9 Å². The number of aliphatic carboxylic acids is 1. The molecule has 0 atom stereocenters. The molecule has 2 aromatic heterocycles. The molecule has 1 amide bonds. The molecule has 2 aromatic rings. The van der Waals surface area contributed by atoms with Crippen LogP contribution in [0.2, 0.25) is 0 Å². The van der Waals surface area contributed by atoms with E-state index in [2.05, 4.69) is 20.7 Å². The van der Waals surface area contributed by atoms with Crippen LogP contribution in [0.3, 0.4) is 0 Å². The lowest BCUT2D eigenvalue weighted by atomic mass is 10.3. The van der Waals surface area contributed by atoms with Crippen molar-refractivity contribution in [2.75, 3.05) is 0 Å². The first-order valence-corrected chi connectivity index (χ1v) is 5.85. The van der Waals surface area contributed by atoms with Gasteiger partial charge in [0.05, 0.1) is 18.4 Å². The predicted octanol–water partition coefficient (Wildman–Crippen LogP) is -0.665. The highest BCUT2D eigenvalue weighted by atomic mass is 16.4. The molecule has 0 aliphatic heterocycles. The molecular weight excluding hydrogens is 264 g/mol. The first-order valence-electron chi connectivity index (χ1n) is 5.85. The number of nitrogens with one attached hydrogen (secondary N) is 1. The van der Waals surface area contributed by atoms with Gasteiger partial charge in [-0.15, -0.1) is 5.10 Å². The second kappa shape index (κ2) is 5.51. The summed E-state index contributed by atoms with van der Waals surface area (Å²) < 4.78 is 2.68. The third-order valence-corrected chi connectivity index (χ3v) is 2.55. The number of carbonyl (C=O) groups is 2. The molecular formula is C11H14N6O3. The molecule has 0 bridgehead atoms. The Labute approximate surface area is 114 Å². The minimum absolute atomic E-state index is 0.169. The van der Waals surface area contributed by atoms with Crippen LogP contribution in [0.4, 0.5) is 0 Å². The number of aromatic nitrogens is 5. The van der Waals surface area contributed by atoms with Gasteiger partial charge in [0.1, 0.15) is 17.9 Å². The number of carbonyl (C=O) groups excluding carboxylic acids is 1. The monoisotopic (exact) mass is 278 g/mol. The number of rotatable bonds is 5. The molecule has 0 aliphatic rings. The van der Waals surface area contributed by atoms with Crippen molar-refractivity contribution in [2.45, 2.75) is 20.0 Å². The highest BCUT2D eigenvalue weighted by molar-refractivity contribution is 5.92. The Kier molecular flexibility index (Phi) is 3.78. The second-order valence-electron chi connectivity index (χ2n) is 4.28. The third-order valence-electron chi connectivity index (χ3n) is 2.55. The number of hydrogen-bond acceptors (Lipinski definition) is 5. The highest BCUT2D eigenvalue weighted by Gasteiger charge is 2.12. The van der Waals surface area contributed by atoms with E-state index < -0.39 is 5.97 Å². The molecule has 2 rings (SSSR count). The maximum atomic E-state index is 11.9. The summed E-state index contributed by atoms with van der Waals surface area (Å²) >= 11 is 0. The average Bonchev–Trinajstić information content (AvgIpc) is 2.92. The molecule has 20 heavy (non-hydrogen) atoms. The number of hydrogen-bond donors (Lipinski definition) is 2. The fourth-order valence-electron chi connectivity index (χ4n) is 1.72. The van der Waals surface area contributed by atoms with Gasteiger partial charge in [0.2, 0.25) is 0 Å². The summed E-state index contributed by atoms with van der Waals surface area (Å²) in [6.07, 6.45) is 1.48. The fraction of sp³-hybridized carbons (Fsp3) is 0.364. The van der Waals surface area contributed by atoms with Crippen LogP contribution in [0.25, 0.3) is 0 Å². The van der Waals surface area contributed by atoms with Crippen LogP contribution in [-0.2, 0) is 24.9 Å². The molecule has 0 fully saturated rings. The summed E-state index contributed by atoms with van der Waals surface area (Å²) in [5.74, 6) is -1.28. The lowest BCUT2D eigenvalue weighted by Crippen LogP contribution is -2.25. The second-order valence-corrected chi connectivity index (χ2v) is 4.28. The molecule has 0 saturated carbocycles. The van der Waals surface area contributed by atoms with Crippen molar-refractivity contribution in [3.05, 3.63) is 29.3 Å². The van der Waals surface area contributed by atoms with Gasteiger partial charge in [-0.3, -0.25) is 14.3 Å². The SMILES string of the molecule is Cc1cc(C(=O)NCc2cn(CC(=O)O)nn2)n(C)n1. The summed E-state index contributed by atoms with van der Waals surface area (Å²) in [4.78, 5) is 22.4. The summed E-state index contributed by atoms with van der Waals surface area (Å²) in [6.45, 7) is 1.71. The Bertz CT molecular complexity index is 644. The summed E-state index contributed by atoms with van der Waals surface area (Å²) in [5, 5.41) is 22.8. The van der Waals surface area contributed by atoms with E-state index in [1.165, 1.54) is 15.6 Å². The van der Waals surface area contributed by atoms with Gasteiger partial charge in [0, 0.05) is 7.05 Å². The van der Waals surface area contributed by atoms with Gasteiger partial charge in [-0.25, -0.2) is 4.68 Å². The van der Waals surface area contributed by atoms with Crippen molar-refractivity contribution in [3.8, 4) is 0 Å². The molecule has 0 unspecified atom stereocenters. The molecule has 2 heterocycles. The minimum Gasteiger partial charge on any atom is -0.480 e. The van der Waals surface area contributed by atoms with Gasteiger partial charge in [-0.1, -0.05) is 5.21 Å². The zero-order valence-corrected chi connectivity index (χ0v) is 11.1. The van der Waals surface area contributed by atoms with Crippen LogP contribution in [0.1, 0.15) is 21.9 Å². The Balaban J connectivity index is 1.95. The number of carboxylic acid groups (broad SMARTS) is 1. The molecule has 9 nitrogen and oxygen atoms in total. The maximum Gasteiger partial charge on any atom is 0.325 e. The topological polar surface area (TPSA) is 115 Å². The fourth-order valence-corrected chi connectivity index (χ4v) is 1.72. The van der Waals surface area contributed by atoms with Crippen molar-refractivity contribution in [2.24, 2.45) is 7.05 Å². The molecule has 9 heteroatoms. The largest absolute Gasteiger partial charge is 0.480 e. The summed E-state index contributed by atoms with van der Waals surface area (Å²) in [6, 6.07) is 1.68. The molecule has 106 valence electrons. The Hall–Kier alpha value is -2.71. The van der Waals surface area contributed by atoms with E-state index in [0.29, 0.717) is 11.4 Å². The molecule has 0 radical (unpaired) electrons. The van der Waals surface area contributed by atoms with Crippen LogP contribution in [0.15, 0.2) is 12.3 Å². The van der Waals surface area contributed by atoms with Crippen LogP contribution < -0.4 is 5.32 Å². The van der Waals surface area contributed by atoms with Gasteiger partial charge in [-0.05, 0) is 13.0 Å². The van der Waals surface area contributed by atoms with Gasteiger partial charge in [-0.2, -0.15) is 5.10 Å². The van der Waals surface area contributed by atoms with E-state index in [9.17, 15) is 9.59 Å². The van der Waals surface area contributed by atoms with Crippen LogP contribution >= 0.6 is 0 Å². The van der Waals surface area contributed by atoms with Crippen molar-refractivity contribution < 1.29 is 14.7 Å². The lowest BCUT2D eigenvalue weighted by molar-refractivity contribution is -0.137. The Morgan fingerprint density at radius 1 is 1.45 bits per heavy atom. The maximum absolute atomic E-state index is 11.9. The van der Waals surface area contributed by atoms with Gasteiger partial charge in [0.15, 0.2) is 0 Å². The third kappa shape index (κ3) is 3.19. The standard InChI is InChI=1S/C11H14N6O3/c1-7-3-9(16(2)14-7)11(20)12-4-8-5-17(15-13-8)6-10(18)19/h3,5H,4,6H2,1-2H3,(H,12,20)(H,18,19). The van der Waals surface area contributed by atoms with E-state index in [1.54, 1.807) is 20.0 Å². The minimum atomic E-state index is -1.00. The average molecular weight is 278 g/mol. The first-order chi connectivity index (χ1) is 9.45.